The lowest BCUT2D eigenvalue weighted by Gasteiger charge is -2.18. The molecule has 1 nitrogen and oxygen atoms in total. The molecule has 200 valence electrons. The second kappa shape index (κ2) is 9.44. The molecule has 0 atom stereocenters. The van der Waals surface area contributed by atoms with E-state index in [0.29, 0.717) is 0 Å². The van der Waals surface area contributed by atoms with E-state index in [4.69, 9.17) is 29.1 Å². The maximum atomic E-state index is 9.79. The van der Waals surface area contributed by atoms with Crippen LogP contribution in [0, 0.1) is 0 Å². The molecule has 0 saturated heterocycles. The molecule has 1 aromatic heterocycles. The molecule has 9 aromatic rings. The minimum Gasteiger partial charge on any atom is -0.456 e. The van der Waals surface area contributed by atoms with Gasteiger partial charge in [0.15, 0.2) is 0 Å². The molecule has 0 radical (unpaired) electrons. The van der Waals surface area contributed by atoms with Crippen LogP contribution in [-0.2, 0) is 0 Å². The predicted octanol–water partition coefficient (Wildman–Crippen LogP) is 12.0. The van der Waals surface area contributed by atoms with Gasteiger partial charge in [0.05, 0.1) is 35.6 Å². The maximum absolute atomic E-state index is 9.79. The van der Waals surface area contributed by atoms with Crippen molar-refractivity contribution in [2.24, 2.45) is 0 Å². The Balaban J connectivity index is 1.61. The summed E-state index contributed by atoms with van der Waals surface area (Å²) in [7, 11) is 0. The molecule has 8 aromatic carbocycles. The van der Waals surface area contributed by atoms with Gasteiger partial charge in [-0.2, -0.15) is 0 Å². The molecule has 0 aliphatic carbocycles. The van der Waals surface area contributed by atoms with Crippen molar-refractivity contribution in [1.82, 2.24) is 0 Å². The lowest BCUT2D eigenvalue weighted by atomic mass is 9.85. The van der Waals surface area contributed by atoms with Crippen molar-refractivity contribution in [1.29, 1.82) is 0 Å². The maximum Gasteiger partial charge on any atom is 0.135 e. The van der Waals surface area contributed by atoms with Gasteiger partial charge in [-0.25, -0.2) is 0 Å². The average Bonchev–Trinajstić information content (AvgIpc) is 3.73. The molecule has 0 N–H and O–H groups in total. The van der Waals surface area contributed by atoms with E-state index in [1.54, 1.807) is 0 Å². The highest BCUT2D eigenvalue weighted by Crippen LogP contribution is 2.45. The van der Waals surface area contributed by atoms with Crippen LogP contribution in [0.15, 0.2) is 162 Å². The van der Waals surface area contributed by atoms with Gasteiger partial charge in [0.1, 0.15) is 11.2 Å². The summed E-state index contributed by atoms with van der Waals surface area (Å²) in [4.78, 5) is 0. The van der Waals surface area contributed by atoms with Crippen molar-refractivity contribution in [3.8, 4) is 33.4 Å². The molecule has 0 spiro atoms. The first kappa shape index (κ1) is 9.69. The molecule has 0 unspecified atom stereocenters. The largest absolute Gasteiger partial charge is 0.456 e. The Morgan fingerprint density at radius 1 is 0.349 bits per heavy atom. The van der Waals surface area contributed by atoms with Gasteiger partial charge in [-0.1, -0.05) is 133 Å². The number of hydrogen-bond donors (Lipinski definition) is 0. The van der Waals surface area contributed by atoms with Crippen LogP contribution >= 0.6 is 0 Å². The fraction of sp³-hybridized carbons (Fsp3) is 0. The quantitative estimate of drug-likeness (QED) is 0.192. The zero-order chi connectivity index (χ0) is 51.0. The van der Waals surface area contributed by atoms with E-state index in [9.17, 15) is 11.0 Å². The van der Waals surface area contributed by atoms with Crippen molar-refractivity contribution >= 4 is 54.3 Å². The summed E-state index contributed by atoms with van der Waals surface area (Å²) in [5, 5.41) is -5.07. The summed E-state index contributed by atoms with van der Waals surface area (Å²) in [5.74, 6) is 0. The van der Waals surface area contributed by atoms with Gasteiger partial charge in [0, 0.05) is 10.8 Å². The van der Waals surface area contributed by atoms with Gasteiger partial charge >= 0.3 is 0 Å². The fourth-order valence-corrected chi connectivity index (χ4v) is 5.15. The number of benzene rings is 8. The zero-order valence-electron chi connectivity index (χ0n) is 47.4. The summed E-state index contributed by atoms with van der Waals surface area (Å²) in [6.45, 7) is 0. The number of furan rings is 1. The Bertz CT molecular complexity index is 3880. The third kappa shape index (κ3) is 3.72. The molecule has 0 amide bonds. The third-order valence-corrected chi connectivity index (χ3v) is 6.95. The highest BCUT2D eigenvalue weighted by atomic mass is 16.3. The van der Waals surface area contributed by atoms with Crippen molar-refractivity contribution in [2.75, 3.05) is 0 Å². The van der Waals surface area contributed by atoms with Crippen LogP contribution in [-0.4, -0.2) is 0 Å². The van der Waals surface area contributed by atoms with Crippen LogP contribution in [0.5, 0.6) is 0 Å². The molecular formula is C42H26O. The molecule has 0 bridgehead atoms. The molecule has 0 aliphatic heterocycles. The molecule has 1 heteroatoms. The fourth-order valence-electron chi connectivity index (χ4n) is 5.15. The molecule has 0 aliphatic rings. The average molecular weight is 573 g/mol. The summed E-state index contributed by atoms with van der Waals surface area (Å²) < 4.78 is 238. The predicted molar refractivity (Wildman–Crippen MR) is 183 cm³/mol. The smallest absolute Gasteiger partial charge is 0.135 e. The Morgan fingerprint density at radius 3 is 1.58 bits per heavy atom. The number of fused-ring (bicyclic) bond motifs is 6. The Kier molecular flexibility index (Phi) is 2.13. The van der Waals surface area contributed by atoms with E-state index in [-0.39, 0.29) is 0 Å². The first-order chi connectivity index (χ1) is 32.2. The van der Waals surface area contributed by atoms with Crippen molar-refractivity contribution in [2.45, 2.75) is 0 Å². The van der Waals surface area contributed by atoms with Crippen LogP contribution in [0.4, 0.5) is 0 Å². The van der Waals surface area contributed by atoms with Gasteiger partial charge in [-0.15, -0.1) is 0 Å². The highest BCUT2D eigenvalue weighted by Gasteiger charge is 2.18. The van der Waals surface area contributed by atoms with Crippen LogP contribution < -0.4 is 0 Å². The van der Waals surface area contributed by atoms with E-state index < -0.39 is 245 Å². The van der Waals surface area contributed by atoms with E-state index in [2.05, 4.69) is 0 Å². The van der Waals surface area contributed by atoms with Crippen LogP contribution in [0.1, 0.15) is 35.6 Å². The van der Waals surface area contributed by atoms with Crippen molar-refractivity contribution in [3.05, 3.63) is 157 Å². The normalized spacial score (nSPS) is 20.2. The molecule has 43 heavy (non-hydrogen) atoms. The van der Waals surface area contributed by atoms with Gasteiger partial charge in [-0.05, 0) is 89.9 Å². The van der Waals surface area contributed by atoms with E-state index in [1.165, 1.54) is 0 Å². The lowest BCUT2D eigenvalue weighted by molar-refractivity contribution is 0.669. The minimum absolute atomic E-state index is 0.422. The Morgan fingerprint density at radius 2 is 0.860 bits per heavy atom. The molecule has 1 heterocycles. The van der Waals surface area contributed by atoms with Crippen molar-refractivity contribution in [3.63, 3.8) is 0 Å². The second-order valence-electron chi connectivity index (χ2n) is 9.26. The van der Waals surface area contributed by atoms with Gasteiger partial charge in [-0.3, -0.25) is 0 Å². The van der Waals surface area contributed by atoms with Gasteiger partial charge < -0.3 is 4.42 Å². The Labute approximate surface area is 285 Å². The molecule has 9 rings (SSSR count). The van der Waals surface area contributed by atoms with E-state index in [1.807, 2.05) is 0 Å². The molecular weight excluding hydrogens is 520 g/mol. The topological polar surface area (TPSA) is 13.1 Å². The summed E-state index contributed by atoms with van der Waals surface area (Å²) in [5.41, 5.74) is -5.71. The zero-order valence-corrected chi connectivity index (χ0v) is 21.4. The minimum atomic E-state index is -1.07. The van der Waals surface area contributed by atoms with Gasteiger partial charge in [0.25, 0.3) is 0 Å². The number of para-hydroxylation sites is 1. The van der Waals surface area contributed by atoms with Crippen LogP contribution in [0.2, 0.25) is 0 Å². The Hall–Kier alpha value is -5.66. The van der Waals surface area contributed by atoms with E-state index >= 15 is 0 Å². The van der Waals surface area contributed by atoms with Crippen molar-refractivity contribution < 1.29 is 40.1 Å². The third-order valence-electron chi connectivity index (χ3n) is 6.95. The summed E-state index contributed by atoms with van der Waals surface area (Å²) >= 11 is 0. The summed E-state index contributed by atoms with van der Waals surface area (Å²) in [6.07, 6.45) is 0. The van der Waals surface area contributed by atoms with Gasteiger partial charge in [0.2, 0.25) is 0 Å². The van der Waals surface area contributed by atoms with Crippen LogP contribution in [0.3, 0.4) is 0 Å². The SMILES string of the molecule is [2H]c1c([2H])c(-c2c([2H])c([2H])c([2H])c3c([2H])c([2H])c([2H])c([2H])c23)c([2H])c(-c2c3c([2H])c([2H])c([2H])c([2H])c3c(-c3c([2H])c([2H])c4oc5c([2H])c([2H])c([2H])c([2H])c5c4c3[2H])c3c([2H])c([2H])c([2H])c([2H])c23)c1[2H]. The first-order valence-corrected chi connectivity index (χ1v) is 12.7. The number of hydrogen-bond acceptors (Lipinski definition) is 1. The highest BCUT2D eigenvalue weighted by molar-refractivity contribution is 6.22. The first-order valence-electron chi connectivity index (χ1n) is 25.7. The monoisotopic (exact) mass is 572 g/mol. The summed E-state index contributed by atoms with van der Waals surface area (Å²) in [6, 6.07) is -23.8. The lowest BCUT2D eigenvalue weighted by Crippen LogP contribution is -1.91. The molecule has 0 saturated carbocycles. The van der Waals surface area contributed by atoms with E-state index in [0.717, 1.165) is 0 Å². The number of rotatable bonds is 3. The second-order valence-corrected chi connectivity index (χ2v) is 9.26. The molecule has 0 fully saturated rings. The standard InChI is InChI=1S/C42H26O/c1-2-15-31-27(11-1)12-10-21-32(31)28-13-9-14-29(25-28)41-34-17-3-5-19-36(34)42(37-20-6-4-18-35(37)41)30-23-24-40-38(26-30)33-16-7-8-22-39(33)43-40/h1-26H/i1D,2D,3D,4D,5D,6D,7D,8D,9D,10D,11D,12D,13D,14D,15D,16D,17D,18D,19D,20D,21D,22D,23D,24D,25D,26D. The van der Waals surface area contributed by atoms with Crippen LogP contribution in [0.25, 0.3) is 87.6 Å².